The van der Waals surface area contributed by atoms with E-state index in [2.05, 4.69) is 15.5 Å². The quantitative estimate of drug-likeness (QED) is 0.654. The first-order valence-corrected chi connectivity index (χ1v) is 8.57. The first-order valence-electron chi connectivity index (χ1n) is 7.69. The predicted octanol–water partition coefficient (Wildman–Crippen LogP) is 2.67. The molecule has 3 aromatic rings. The lowest BCUT2D eigenvalue weighted by atomic mass is 10.3. The second-order valence-electron chi connectivity index (χ2n) is 5.21. The lowest BCUT2D eigenvalue weighted by Crippen LogP contribution is -2.30. The van der Waals surface area contributed by atoms with Crippen LogP contribution in [0.3, 0.4) is 0 Å². The summed E-state index contributed by atoms with van der Waals surface area (Å²) < 4.78 is 12.4. The van der Waals surface area contributed by atoms with Gasteiger partial charge in [-0.2, -0.15) is 0 Å². The molecular weight excluding hydrogens is 340 g/mol. The molecule has 0 spiro atoms. The van der Waals surface area contributed by atoms with Gasteiger partial charge in [0.05, 0.1) is 30.9 Å². The lowest BCUT2D eigenvalue weighted by Gasteiger charge is -2.13. The summed E-state index contributed by atoms with van der Waals surface area (Å²) in [6.45, 7) is 2.18. The van der Waals surface area contributed by atoms with E-state index in [1.807, 2.05) is 37.3 Å². The van der Waals surface area contributed by atoms with Gasteiger partial charge in [0.25, 0.3) is 0 Å². The molecule has 7 nitrogen and oxygen atoms in total. The molecule has 0 aliphatic rings. The van der Waals surface area contributed by atoms with Crippen molar-refractivity contribution in [3.63, 3.8) is 0 Å². The number of amides is 1. The van der Waals surface area contributed by atoms with Gasteiger partial charge >= 0.3 is 0 Å². The third kappa shape index (κ3) is 4.03. The van der Waals surface area contributed by atoms with Gasteiger partial charge in [-0.15, -0.1) is 10.2 Å². The number of nitrogens with zero attached hydrogens (tertiary/aromatic N) is 3. The van der Waals surface area contributed by atoms with Crippen LogP contribution in [0, 0.1) is 0 Å². The highest BCUT2D eigenvalue weighted by atomic mass is 32.2. The molecule has 130 valence electrons. The zero-order valence-electron chi connectivity index (χ0n) is 13.9. The van der Waals surface area contributed by atoms with Crippen LogP contribution in [0.5, 0.6) is 5.75 Å². The first-order chi connectivity index (χ1) is 12.2. The van der Waals surface area contributed by atoms with Crippen molar-refractivity contribution in [2.45, 2.75) is 23.9 Å². The van der Waals surface area contributed by atoms with Gasteiger partial charge in [-0.3, -0.25) is 9.36 Å². The topological polar surface area (TPSA) is 82.2 Å². The van der Waals surface area contributed by atoms with Crippen LogP contribution in [0.4, 0.5) is 0 Å². The van der Waals surface area contributed by atoms with Gasteiger partial charge in [0.2, 0.25) is 5.91 Å². The highest BCUT2D eigenvalue weighted by Crippen LogP contribution is 2.28. The average molecular weight is 358 g/mol. The molecule has 1 atom stereocenters. The molecule has 1 aromatic carbocycles. The highest BCUT2D eigenvalue weighted by Gasteiger charge is 2.19. The Morgan fingerprint density at radius 1 is 1.36 bits per heavy atom. The van der Waals surface area contributed by atoms with Crippen LogP contribution in [0.2, 0.25) is 0 Å². The lowest BCUT2D eigenvalue weighted by molar-refractivity contribution is -0.120. The summed E-state index contributed by atoms with van der Waals surface area (Å²) in [4.78, 5) is 12.3. The highest BCUT2D eigenvalue weighted by molar-refractivity contribution is 8.00. The van der Waals surface area contributed by atoms with Gasteiger partial charge in [0, 0.05) is 0 Å². The molecule has 0 fully saturated rings. The van der Waals surface area contributed by atoms with Crippen LogP contribution < -0.4 is 10.1 Å². The molecule has 8 heteroatoms. The zero-order chi connectivity index (χ0) is 17.6. The number of benzene rings is 1. The number of carbonyl (C=O) groups excluding carboxylic acids is 1. The summed E-state index contributed by atoms with van der Waals surface area (Å²) in [6, 6.07) is 11.2. The smallest absolute Gasteiger partial charge is 0.233 e. The maximum Gasteiger partial charge on any atom is 0.233 e. The van der Waals surface area contributed by atoms with Crippen LogP contribution in [-0.2, 0) is 11.3 Å². The molecule has 3 rings (SSSR count). The summed E-state index contributed by atoms with van der Waals surface area (Å²) >= 11 is 1.33. The Labute approximate surface area is 149 Å². The molecule has 2 aromatic heterocycles. The third-order valence-electron chi connectivity index (χ3n) is 3.53. The maximum atomic E-state index is 12.3. The number of methoxy groups -OCH3 is 1. The second-order valence-corrected chi connectivity index (χ2v) is 6.52. The number of carbonyl (C=O) groups is 1. The van der Waals surface area contributed by atoms with E-state index >= 15 is 0 Å². The molecule has 0 bridgehead atoms. The molecular formula is C17H18N4O3S. The molecule has 25 heavy (non-hydrogen) atoms. The second kappa shape index (κ2) is 7.89. The number of aromatic nitrogens is 3. The van der Waals surface area contributed by atoms with Crippen LogP contribution in [0.15, 0.2) is 58.6 Å². The summed E-state index contributed by atoms with van der Waals surface area (Å²) in [6.07, 6.45) is 3.18. The number of thioether (sulfide) groups is 1. The number of hydrogen-bond acceptors (Lipinski definition) is 6. The predicted molar refractivity (Wildman–Crippen MR) is 93.8 cm³/mol. The zero-order valence-corrected chi connectivity index (χ0v) is 14.7. The number of para-hydroxylation sites is 2. The fourth-order valence-electron chi connectivity index (χ4n) is 2.24. The van der Waals surface area contributed by atoms with Crippen molar-refractivity contribution >= 4 is 17.7 Å². The monoisotopic (exact) mass is 358 g/mol. The molecule has 1 amide bonds. The molecule has 0 saturated heterocycles. The van der Waals surface area contributed by atoms with E-state index in [0.29, 0.717) is 23.2 Å². The standard InChI is InChI=1S/C17H18N4O3S/c1-12(16(22)18-10-13-6-5-9-24-13)25-17-20-19-11-21(17)14-7-3-4-8-15(14)23-2/h3-9,11-12H,10H2,1-2H3,(H,18,22)/t12-/m0/s1. The Kier molecular flexibility index (Phi) is 5.39. The van der Waals surface area contributed by atoms with Gasteiger partial charge in [-0.1, -0.05) is 23.9 Å². The molecule has 0 radical (unpaired) electrons. The Balaban J connectivity index is 1.69. The van der Waals surface area contributed by atoms with Crippen LogP contribution in [0.1, 0.15) is 12.7 Å². The van der Waals surface area contributed by atoms with Crippen molar-refractivity contribution in [1.29, 1.82) is 0 Å². The van der Waals surface area contributed by atoms with E-state index < -0.39 is 0 Å². The van der Waals surface area contributed by atoms with Crippen LogP contribution in [-0.4, -0.2) is 33.0 Å². The fraction of sp³-hybridized carbons (Fsp3) is 0.235. The number of hydrogen-bond donors (Lipinski definition) is 1. The normalized spacial score (nSPS) is 11.9. The van der Waals surface area contributed by atoms with Gasteiger partial charge in [-0.25, -0.2) is 0 Å². The van der Waals surface area contributed by atoms with Crippen molar-refractivity contribution in [2.75, 3.05) is 7.11 Å². The van der Waals surface area contributed by atoms with Gasteiger partial charge in [0.1, 0.15) is 17.8 Å². The minimum absolute atomic E-state index is 0.101. The van der Waals surface area contributed by atoms with E-state index in [9.17, 15) is 4.79 Å². The first kappa shape index (κ1) is 17.1. The van der Waals surface area contributed by atoms with Crippen LogP contribution >= 0.6 is 11.8 Å². The summed E-state index contributed by atoms with van der Waals surface area (Å²) in [5.41, 5.74) is 0.820. The Bertz CT molecular complexity index is 832. The van der Waals surface area contributed by atoms with Crippen molar-refractivity contribution in [1.82, 2.24) is 20.1 Å². The average Bonchev–Trinajstić information content (AvgIpc) is 3.31. The molecule has 0 aliphatic carbocycles. The Morgan fingerprint density at radius 2 is 2.20 bits per heavy atom. The van der Waals surface area contributed by atoms with Crippen molar-refractivity contribution < 1.29 is 13.9 Å². The Hall–Kier alpha value is -2.74. The van der Waals surface area contributed by atoms with Gasteiger partial charge in [0.15, 0.2) is 5.16 Å². The van der Waals surface area contributed by atoms with E-state index in [-0.39, 0.29) is 11.2 Å². The van der Waals surface area contributed by atoms with Crippen molar-refractivity contribution in [3.05, 3.63) is 54.7 Å². The largest absolute Gasteiger partial charge is 0.495 e. The Morgan fingerprint density at radius 3 is 2.96 bits per heavy atom. The maximum absolute atomic E-state index is 12.3. The number of nitrogens with one attached hydrogen (secondary N) is 1. The molecule has 2 heterocycles. The van der Waals surface area contributed by atoms with Crippen molar-refractivity contribution in [3.8, 4) is 11.4 Å². The summed E-state index contributed by atoms with van der Waals surface area (Å²) in [7, 11) is 1.61. The minimum Gasteiger partial charge on any atom is -0.495 e. The number of ether oxygens (including phenoxy) is 1. The molecule has 0 saturated carbocycles. The summed E-state index contributed by atoms with van der Waals surface area (Å²) in [5.74, 6) is 1.32. The fourth-order valence-corrected chi connectivity index (χ4v) is 3.10. The third-order valence-corrected chi connectivity index (χ3v) is 4.59. The summed E-state index contributed by atoms with van der Waals surface area (Å²) in [5, 5.41) is 11.2. The van der Waals surface area contributed by atoms with E-state index in [4.69, 9.17) is 9.15 Å². The van der Waals surface area contributed by atoms with Gasteiger partial charge in [-0.05, 0) is 31.2 Å². The number of rotatable bonds is 7. The van der Waals surface area contributed by atoms with E-state index in [1.165, 1.54) is 11.8 Å². The molecule has 0 aliphatic heterocycles. The van der Waals surface area contributed by atoms with Gasteiger partial charge < -0.3 is 14.5 Å². The van der Waals surface area contributed by atoms with E-state index in [1.54, 1.807) is 30.3 Å². The van der Waals surface area contributed by atoms with Crippen molar-refractivity contribution in [2.24, 2.45) is 0 Å². The molecule has 0 unspecified atom stereocenters. The number of furan rings is 1. The molecule has 1 N–H and O–H groups in total. The van der Waals surface area contributed by atoms with Crippen LogP contribution in [0.25, 0.3) is 5.69 Å². The van der Waals surface area contributed by atoms with E-state index in [0.717, 1.165) is 5.69 Å². The SMILES string of the molecule is COc1ccccc1-n1cnnc1S[C@@H](C)C(=O)NCc1ccco1. The minimum atomic E-state index is -0.340.